The molecule has 3 heteroatoms. The van der Waals surface area contributed by atoms with Crippen LogP contribution in [0.1, 0.15) is 37.7 Å². The minimum absolute atomic E-state index is 0.0631. The van der Waals surface area contributed by atoms with Crippen LogP contribution in [0.3, 0.4) is 0 Å². The van der Waals surface area contributed by atoms with E-state index in [1.54, 1.807) is 0 Å². The number of aromatic nitrogens is 1. The number of aryl methyl sites for hydroxylation is 1. The van der Waals surface area contributed by atoms with Crippen molar-refractivity contribution in [3.05, 3.63) is 42.1 Å². The van der Waals surface area contributed by atoms with Crippen molar-refractivity contribution in [2.45, 2.75) is 44.4 Å². The minimum atomic E-state index is -2.42. The number of halogens is 2. The fourth-order valence-electron chi connectivity index (χ4n) is 3.01. The fourth-order valence-corrected chi connectivity index (χ4v) is 3.01. The second-order valence-corrected chi connectivity index (χ2v) is 5.87. The molecule has 1 aromatic heterocycles. The van der Waals surface area contributed by atoms with E-state index < -0.39 is 5.92 Å². The molecule has 1 aliphatic carbocycles. The van der Waals surface area contributed by atoms with Gasteiger partial charge in [0.05, 0.1) is 5.52 Å². The Hall–Kier alpha value is -1.51. The summed E-state index contributed by atoms with van der Waals surface area (Å²) in [5.74, 6) is -1.97. The van der Waals surface area contributed by atoms with Crippen molar-refractivity contribution in [3.63, 3.8) is 0 Å². The molecule has 0 amide bonds. The van der Waals surface area contributed by atoms with Crippen LogP contribution in [0.2, 0.25) is 0 Å². The van der Waals surface area contributed by atoms with Crippen LogP contribution in [0.4, 0.5) is 8.78 Å². The Kier molecular flexibility index (Phi) is 3.68. The van der Waals surface area contributed by atoms with Crippen molar-refractivity contribution < 1.29 is 8.78 Å². The summed E-state index contributed by atoms with van der Waals surface area (Å²) in [5, 5.41) is 1.15. The second-order valence-electron chi connectivity index (χ2n) is 5.87. The van der Waals surface area contributed by atoms with Crippen LogP contribution >= 0.6 is 0 Å². The Morgan fingerprint density at radius 3 is 2.70 bits per heavy atom. The maximum Gasteiger partial charge on any atom is 0.248 e. The fraction of sp³-hybridized carbons (Fsp3) is 0.471. The van der Waals surface area contributed by atoms with Gasteiger partial charge in [0.2, 0.25) is 5.92 Å². The van der Waals surface area contributed by atoms with Gasteiger partial charge in [-0.15, -0.1) is 0 Å². The zero-order chi connectivity index (χ0) is 14.0. The molecular formula is C17H19F2N. The minimum Gasteiger partial charge on any atom is -0.256 e. The quantitative estimate of drug-likeness (QED) is 0.768. The molecule has 0 radical (unpaired) electrons. The smallest absolute Gasteiger partial charge is 0.248 e. The summed E-state index contributed by atoms with van der Waals surface area (Å²) in [6.45, 7) is 0. The largest absolute Gasteiger partial charge is 0.256 e. The van der Waals surface area contributed by atoms with Crippen LogP contribution in [0.25, 0.3) is 10.9 Å². The third-order valence-corrected chi connectivity index (χ3v) is 4.33. The number of pyridine rings is 1. The van der Waals surface area contributed by atoms with E-state index in [-0.39, 0.29) is 12.8 Å². The van der Waals surface area contributed by atoms with Crippen LogP contribution in [0, 0.1) is 5.92 Å². The molecule has 1 fully saturated rings. The molecule has 1 heterocycles. The highest BCUT2D eigenvalue weighted by Crippen LogP contribution is 2.37. The van der Waals surface area contributed by atoms with Crippen LogP contribution < -0.4 is 0 Å². The Morgan fingerprint density at radius 1 is 1.15 bits per heavy atom. The number of para-hydroxylation sites is 1. The lowest BCUT2D eigenvalue weighted by molar-refractivity contribution is -0.0464. The van der Waals surface area contributed by atoms with Crippen molar-refractivity contribution in [1.29, 1.82) is 0 Å². The number of fused-ring (bicyclic) bond motifs is 1. The average molecular weight is 275 g/mol. The van der Waals surface area contributed by atoms with E-state index in [1.165, 1.54) is 5.56 Å². The highest BCUT2D eigenvalue weighted by molar-refractivity contribution is 5.78. The van der Waals surface area contributed by atoms with E-state index in [9.17, 15) is 8.78 Å². The molecule has 3 rings (SSSR count). The molecule has 0 N–H and O–H groups in total. The van der Waals surface area contributed by atoms with Crippen molar-refractivity contribution in [2.75, 3.05) is 0 Å². The first-order valence-corrected chi connectivity index (χ1v) is 7.34. The average Bonchev–Trinajstić information content (AvgIpc) is 2.46. The van der Waals surface area contributed by atoms with E-state index in [0.717, 1.165) is 23.7 Å². The van der Waals surface area contributed by atoms with Crippen LogP contribution in [0.15, 0.2) is 36.5 Å². The summed E-state index contributed by atoms with van der Waals surface area (Å²) in [6, 6.07) is 10.2. The number of benzene rings is 1. The molecule has 1 aliphatic rings. The van der Waals surface area contributed by atoms with Gasteiger partial charge in [-0.3, -0.25) is 4.98 Å². The van der Waals surface area contributed by atoms with Gasteiger partial charge in [0.15, 0.2) is 0 Å². The van der Waals surface area contributed by atoms with Gasteiger partial charge in [-0.2, -0.15) is 0 Å². The van der Waals surface area contributed by atoms with Gasteiger partial charge >= 0.3 is 0 Å². The predicted molar refractivity (Wildman–Crippen MR) is 77.0 cm³/mol. The van der Waals surface area contributed by atoms with Crippen molar-refractivity contribution >= 4 is 10.9 Å². The number of alkyl halides is 2. The molecule has 0 saturated heterocycles. The van der Waals surface area contributed by atoms with Crippen LogP contribution in [-0.4, -0.2) is 10.9 Å². The van der Waals surface area contributed by atoms with Gasteiger partial charge in [-0.25, -0.2) is 8.78 Å². The third-order valence-electron chi connectivity index (χ3n) is 4.33. The van der Waals surface area contributed by atoms with Gasteiger partial charge in [0, 0.05) is 24.4 Å². The van der Waals surface area contributed by atoms with E-state index >= 15 is 0 Å². The molecule has 0 bridgehead atoms. The Morgan fingerprint density at radius 2 is 1.90 bits per heavy atom. The molecule has 20 heavy (non-hydrogen) atoms. The van der Waals surface area contributed by atoms with E-state index in [4.69, 9.17) is 0 Å². The summed E-state index contributed by atoms with van der Waals surface area (Å²) in [5.41, 5.74) is 2.22. The molecular weight excluding hydrogens is 256 g/mol. The van der Waals surface area contributed by atoms with Gasteiger partial charge < -0.3 is 0 Å². The normalized spacial score (nSPS) is 19.3. The first kappa shape index (κ1) is 13.5. The predicted octanol–water partition coefficient (Wildman–Crippen LogP) is 4.99. The molecule has 1 nitrogen and oxygen atoms in total. The number of hydrogen-bond donors (Lipinski definition) is 0. The van der Waals surface area contributed by atoms with Crippen molar-refractivity contribution in [1.82, 2.24) is 4.98 Å². The second kappa shape index (κ2) is 5.47. The highest BCUT2D eigenvalue weighted by Gasteiger charge is 2.34. The highest BCUT2D eigenvalue weighted by atomic mass is 19.3. The summed E-state index contributed by atoms with van der Waals surface area (Å²) in [7, 11) is 0. The van der Waals surface area contributed by atoms with E-state index in [2.05, 4.69) is 17.1 Å². The number of nitrogens with zero attached hydrogens (tertiary/aromatic N) is 1. The molecule has 2 aromatic rings. The van der Waals surface area contributed by atoms with Crippen LogP contribution in [-0.2, 0) is 6.42 Å². The number of hydrogen-bond acceptors (Lipinski definition) is 1. The number of rotatable bonds is 3. The topological polar surface area (TPSA) is 12.9 Å². The molecule has 0 spiro atoms. The third kappa shape index (κ3) is 3.14. The van der Waals surface area contributed by atoms with Gasteiger partial charge in [-0.05, 0) is 49.3 Å². The SMILES string of the molecule is FC1(F)CCC(CCc2cnc3ccccc3c2)CC1. The van der Waals surface area contributed by atoms with Crippen molar-refractivity contribution in [3.8, 4) is 0 Å². The summed E-state index contributed by atoms with van der Waals surface area (Å²) >= 11 is 0. The molecule has 0 atom stereocenters. The lowest BCUT2D eigenvalue weighted by atomic mass is 9.83. The first-order valence-electron chi connectivity index (χ1n) is 7.34. The first-order chi connectivity index (χ1) is 9.62. The zero-order valence-corrected chi connectivity index (χ0v) is 11.5. The summed E-state index contributed by atoms with van der Waals surface area (Å²) < 4.78 is 26.2. The lowest BCUT2D eigenvalue weighted by Gasteiger charge is -2.28. The summed E-state index contributed by atoms with van der Waals surface area (Å²) in [4.78, 5) is 4.45. The Labute approximate surface area is 118 Å². The lowest BCUT2D eigenvalue weighted by Crippen LogP contribution is -2.24. The van der Waals surface area contributed by atoms with Gasteiger partial charge in [0.1, 0.15) is 0 Å². The monoisotopic (exact) mass is 275 g/mol. The Balaban J connectivity index is 1.60. The standard InChI is InChI=1S/C17H19F2N/c18-17(19)9-7-13(8-10-17)5-6-14-11-15-3-1-2-4-16(15)20-12-14/h1-4,11-13H,5-10H2. The maximum atomic E-state index is 13.1. The Bertz CT molecular complexity index is 584. The van der Waals surface area contributed by atoms with Crippen molar-refractivity contribution in [2.24, 2.45) is 5.92 Å². The zero-order valence-electron chi connectivity index (χ0n) is 11.5. The maximum absolute atomic E-state index is 13.1. The summed E-state index contributed by atoms with van der Waals surface area (Å²) in [6.07, 6.45) is 5.30. The van der Waals surface area contributed by atoms with E-state index in [1.807, 2.05) is 24.4 Å². The van der Waals surface area contributed by atoms with Crippen LogP contribution in [0.5, 0.6) is 0 Å². The molecule has 1 saturated carbocycles. The molecule has 1 aromatic carbocycles. The van der Waals surface area contributed by atoms with Gasteiger partial charge in [0.25, 0.3) is 0 Å². The van der Waals surface area contributed by atoms with E-state index in [0.29, 0.717) is 18.8 Å². The molecule has 106 valence electrons. The van der Waals surface area contributed by atoms with Gasteiger partial charge in [-0.1, -0.05) is 18.2 Å². The molecule has 0 aliphatic heterocycles. The molecule has 0 unspecified atom stereocenters.